The molecule has 28 heavy (non-hydrogen) atoms. The van der Waals surface area contributed by atoms with Crippen LogP contribution < -0.4 is 4.74 Å². The highest BCUT2D eigenvalue weighted by molar-refractivity contribution is 6.01. The molecule has 0 unspecified atom stereocenters. The number of hydrogen-bond acceptors (Lipinski definition) is 5. The van der Waals surface area contributed by atoms with Gasteiger partial charge in [0.25, 0.3) is 0 Å². The molecule has 2 aromatic carbocycles. The van der Waals surface area contributed by atoms with Gasteiger partial charge in [-0.15, -0.1) is 0 Å². The molecule has 0 spiro atoms. The molecule has 1 heterocycles. The van der Waals surface area contributed by atoms with Crippen molar-refractivity contribution in [1.29, 1.82) is 0 Å². The number of nitrogens with zero attached hydrogens (tertiary/aromatic N) is 1. The summed E-state index contributed by atoms with van der Waals surface area (Å²) in [6, 6.07) is 15.4. The normalized spacial score (nSPS) is 11.0. The van der Waals surface area contributed by atoms with E-state index in [0.29, 0.717) is 22.8 Å². The van der Waals surface area contributed by atoms with Crippen LogP contribution in [0.15, 0.2) is 57.9 Å². The van der Waals surface area contributed by atoms with Gasteiger partial charge < -0.3 is 13.9 Å². The average Bonchev–Trinajstić information content (AvgIpc) is 3.04. The van der Waals surface area contributed by atoms with Crippen molar-refractivity contribution >= 4 is 18.1 Å². The summed E-state index contributed by atoms with van der Waals surface area (Å²) in [6.45, 7) is 5.83. The zero-order chi connectivity index (χ0) is 20.1. The van der Waals surface area contributed by atoms with Crippen LogP contribution in [0.3, 0.4) is 0 Å². The van der Waals surface area contributed by atoms with Crippen molar-refractivity contribution in [3.05, 3.63) is 71.0 Å². The molecule has 0 aliphatic heterocycles. The van der Waals surface area contributed by atoms with Gasteiger partial charge in [0.15, 0.2) is 0 Å². The van der Waals surface area contributed by atoms with Crippen LogP contribution in [0.4, 0.5) is 5.88 Å². The topological polar surface area (TPSA) is 61.0 Å². The Hall–Kier alpha value is -3.34. The molecular formula is C23H23NO4. The summed E-state index contributed by atoms with van der Waals surface area (Å²) >= 11 is 0. The largest absolute Gasteiger partial charge is 0.497 e. The summed E-state index contributed by atoms with van der Waals surface area (Å²) in [5.74, 6) is 1.14. The van der Waals surface area contributed by atoms with Gasteiger partial charge in [0.1, 0.15) is 17.1 Å². The first-order valence-corrected chi connectivity index (χ1v) is 9.09. The summed E-state index contributed by atoms with van der Waals surface area (Å²) in [4.78, 5) is 17.1. The van der Waals surface area contributed by atoms with Crippen molar-refractivity contribution in [3.8, 4) is 16.9 Å². The van der Waals surface area contributed by atoms with E-state index in [4.69, 9.17) is 13.9 Å². The zero-order valence-corrected chi connectivity index (χ0v) is 16.5. The standard InChI is InChI=1S/C23H23NO4/c1-5-27-23(25)20-16(3)28-22(24-14-17-8-6-15(2)7-9-17)21(20)18-10-12-19(26-4)13-11-18/h6-14H,5H2,1-4H3. The number of rotatable bonds is 6. The smallest absolute Gasteiger partial charge is 0.342 e. The van der Waals surface area contributed by atoms with Crippen LogP contribution >= 0.6 is 0 Å². The minimum atomic E-state index is -0.425. The Balaban J connectivity index is 2.09. The van der Waals surface area contributed by atoms with Gasteiger partial charge in [0.05, 0.1) is 19.3 Å². The molecule has 0 aliphatic carbocycles. The van der Waals surface area contributed by atoms with Crippen LogP contribution in [-0.4, -0.2) is 25.9 Å². The molecule has 0 atom stereocenters. The maximum atomic E-state index is 12.5. The van der Waals surface area contributed by atoms with E-state index in [9.17, 15) is 4.79 Å². The lowest BCUT2D eigenvalue weighted by Gasteiger charge is -2.06. The van der Waals surface area contributed by atoms with Gasteiger partial charge in [0.2, 0.25) is 5.88 Å². The number of benzene rings is 2. The second kappa shape index (κ2) is 8.57. The van der Waals surface area contributed by atoms with Crippen molar-refractivity contribution in [3.63, 3.8) is 0 Å². The fraction of sp³-hybridized carbons (Fsp3) is 0.217. The lowest BCUT2D eigenvalue weighted by Crippen LogP contribution is -2.06. The Morgan fingerprint density at radius 2 is 1.75 bits per heavy atom. The lowest BCUT2D eigenvalue weighted by atomic mass is 10.0. The van der Waals surface area contributed by atoms with Crippen molar-refractivity contribution in [1.82, 2.24) is 0 Å². The van der Waals surface area contributed by atoms with Crippen molar-refractivity contribution in [2.75, 3.05) is 13.7 Å². The molecule has 3 aromatic rings. The number of aryl methyl sites for hydroxylation is 2. The molecule has 0 fully saturated rings. The molecule has 0 saturated carbocycles. The fourth-order valence-electron chi connectivity index (χ4n) is 2.88. The van der Waals surface area contributed by atoms with Gasteiger partial charge in [0, 0.05) is 6.21 Å². The Bertz CT molecular complexity index is 983. The summed E-state index contributed by atoms with van der Waals surface area (Å²) in [7, 11) is 1.61. The molecule has 0 radical (unpaired) electrons. The number of hydrogen-bond donors (Lipinski definition) is 0. The molecule has 1 aromatic heterocycles. The van der Waals surface area contributed by atoms with Gasteiger partial charge in [-0.25, -0.2) is 9.79 Å². The van der Waals surface area contributed by atoms with E-state index in [-0.39, 0.29) is 6.61 Å². The second-order valence-corrected chi connectivity index (χ2v) is 6.33. The average molecular weight is 377 g/mol. The molecule has 5 heteroatoms. The highest BCUT2D eigenvalue weighted by Crippen LogP contribution is 2.39. The molecule has 0 bridgehead atoms. The van der Waals surface area contributed by atoms with Crippen molar-refractivity contribution < 1.29 is 18.7 Å². The van der Waals surface area contributed by atoms with Crippen LogP contribution in [-0.2, 0) is 4.74 Å². The Morgan fingerprint density at radius 1 is 1.07 bits per heavy atom. The van der Waals surface area contributed by atoms with E-state index in [1.165, 1.54) is 5.56 Å². The predicted octanol–water partition coefficient (Wildman–Crippen LogP) is 5.50. The highest BCUT2D eigenvalue weighted by Gasteiger charge is 2.25. The van der Waals surface area contributed by atoms with Crippen LogP contribution in [0.1, 0.15) is 34.2 Å². The number of carbonyl (C=O) groups excluding carboxylic acids is 1. The summed E-state index contributed by atoms with van der Waals surface area (Å²) in [5.41, 5.74) is 3.93. The maximum absolute atomic E-state index is 12.5. The summed E-state index contributed by atoms with van der Waals surface area (Å²) in [6.07, 6.45) is 1.72. The van der Waals surface area contributed by atoms with E-state index < -0.39 is 5.97 Å². The molecule has 0 N–H and O–H groups in total. The van der Waals surface area contributed by atoms with Crippen LogP contribution in [0.25, 0.3) is 11.1 Å². The lowest BCUT2D eigenvalue weighted by molar-refractivity contribution is 0.0525. The summed E-state index contributed by atoms with van der Waals surface area (Å²) in [5, 5.41) is 0. The highest BCUT2D eigenvalue weighted by atomic mass is 16.5. The van der Waals surface area contributed by atoms with Crippen molar-refractivity contribution in [2.24, 2.45) is 4.99 Å². The summed E-state index contributed by atoms with van der Waals surface area (Å²) < 4.78 is 16.3. The minimum absolute atomic E-state index is 0.285. The van der Waals surface area contributed by atoms with Gasteiger partial charge in [-0.05, 0) is 44.0 Å². The van der Waals surface area contributed by atoms with Gasteiger partial charge in [-0.3, -0.25) is 0 Å². The van der Waals surface area contributed by atoms with E-state index in [1.54, 1.807) is 27.2 Å². The minimum Gasteiger partial charge on any atom is -0.497 e. The number of esters is 1. The molecule has 3 rings (SSSR count). The van der Waals surface area contributed by atoms with E-state index in [2.05, 4.69) is 4.99 Å². The van der Waals surface area contributed by atoms with Gasteiger partial charge >= 0.3 is 5.97 Å². The van der Waals surface area contributed by atoms with Crippen LogP contribution in [0, 0.1) is 13.8 Å². The monoisotopic (exact) mass is 377 g/mol. The second-order valence-electron chi connectivity index (χ2n) is 6.33. The first kappa shape index (κ1) is 19.4. The van der Waals surface area contributed by atoms with E-state index in [0.717, 1.165) is 16.9 Å². The third kappa shape index (κ3) is 4.14. The first-order chi connectivity index (χ1) is 13.5. The van der Waals surface area contributed by atoms with Gasteiger partial charge in [-0.1, -0.05) is 42.0 Å². The van der Waals surface area contributed by atoms with Crippen LogP contribution in [0.2, 0.25) is 0 Å². The molecule has 0 amide bonds. The van der Waals surface area contributed by atoms with Crippen LogP contribution in [0.5, 0.6) is 5.75 Å². The molecule has 144 valence electrons. The fourth-order valence-corrected chi connectivity index (χ4v) is 2.88. The van der Waals surface area contributed by atoms with E-state index in [1.807, 2.05) is 55.5 Å². The zero-order valence-electron chi connectivity index (χ0n) is 16.5. The third-order valence-electron chi connectivity index (χ3n) is 4.33. The SMILES string of the molecule is CCOC(=O)c1c(C)oc(N=Cc2ccc(C)cc2)c1-c1ccc(OC)cc1. The first-order valence-electron chi connectivity index (χ1n) is 9.09. The number of furan rings is 1. The number of ether oxygens (including phenoxy) is 2. The maximum Gasteiger partial charge on any atom is 0.342 e. The van der Waals surface area contributed by atoms with Gasteiger partial charge in [-0.2, -0.15) is 0 Å². The Kier molecular flexibility index (Phi) is 5.94. The predicted molar refractivity (Wildman–Crippen MR) is 110 cm³/mol. The van der Waals surface area contributed by atoms with E-state index >= 15 is 0 Å². The molecule has 0 saturated heterocycles. The number of carbonyl (C=O) groups is 1. The van der Waals surface area contributed by atoms with Crippen molar-refractivity contribution in [2.45, 2.75) is 20.8 Å². The molecule has 5 nitrogen and oxygen atoms in total. The third-order valence-corrected chi connectivity index (χ3v) is 4.33. The molecule has 0 aliphatic rings. The number of methoxy groups -OCH3 is 1. The number of aliphatic imine (C=N–C) groups is 1. The Labute approximate surface area is 164 Å². The Morgan fingerprint density at radius 3 is 2.36 bits per heavy atom. The molecular weight excluding hydrogens is 354 g/mol. The quantitative estimate of drug-likeness (QED) is 0.420.